The molecule has 1 aromatic rings. The van der Waals surface area contributed by atoms with E-state index >= 15 is 0 Å². The van der Waals surface area contributed by atoms with E-state index in [4.69, 9.17) is 15.7 Å². The van der Waals surface area contributed by atoms with Crippen molar-refractivity contribution in [2.45, 2.75) is 26.4 Å². The summed E-state index contributed by atoms with van der Waals surface area (Å²) in [6.07, 6.45) is 0.974. The van der Waals surface area contributed by atoms with Gasteiger partial charge in [0.1, 0.15) is 5.75 Å². The Morgan fingerprint density at radius 3 is 2.88 bits per heavy atom. The molecular formula is C11H15BrN2O2. The van der Waals surface area contributed by atoms with Gasteiger partial charge in [-0.15, -0.1) is 0 Å². The molecule has 0 saturated heterocycles. The standard InChI is InChI=1S/C11H15BrN2O2/c1-3-7(2)16-9-6-4-5-8(12)10(9)11(13)14-15/h4-7,15H,3H2,1-2H3,(H2,13,14). The van der Waals surface area contributed by atoms with E-state index in [2.05, 4.69) is 21.1 Å². The molecule has 0 fully saturated rings. The van der Waals surface area contributed by atoms with E-state index in [1.54, 1.807) is 6.07 Å². The highest BCUT2D eigenvalue weighted by Gasteiger charge is 2.14. The minimum Gasteiger partial charge on any atom is -0.490 e. The molecule has 0 bridgehead atoms. The van der Waals surface area contributed by atoms with E-state index in [0.717, 1.165) is 10.9 Å². The molecule has 0 radical (unpaired) electrons. The highest BCUT2D eigenvalue weighted by atomic mass is 79.9. The van der Waals surface area contributed by atoms with Crippen LogP contribution < -0.4 is 10.5 Å². The lowest BCUT2D eigenvalue weighted by Gasteiger charge is -2.16. The van der Waals surface area contributed by atoms with Crippen LogP contribution in [0.15, 0.2) is 27.8 Å². The number of nitrogens with zero attached hydrogens (tertiary/aromatic N) is 1. The van der Waals surface area contributed by atoms with E-state index in [9.17, 15) is 0 Å². The summed E-state index contributed by atoms with van der Waals surface area (Å²) in [6.45, 7) is 4.00. The first-order valence-electron chi connectivity index (χ1n) is 5.03. The molecule has 0 heterocycles. The van der Waals surface area contributed by atoms with E-state index in [0.29, 0.717) is 11.3 Å². The zero-order valence-corrected chi connectivity index (χ0v) is 10.9. The average molecular weight is 287 g/mol. The summed E-state index contributed by atoms with van der Waals surface area (Å²) in [5, 5.41) is 11.7. The predicted octanol–water partition coefficient (Wildman–Crippen LogP) is 2.72. The first-order valence-corrected chi connectivity index (χ1v) is 5.82. The maximum Gasteiger partial charge on any atom is 0.174 e. The van der Waals surface area contributed by atoms with Crippen molar-refractivity contribution in [1.29, 1.82) is 0 Å². The van der Waals surface area contributed by atoms with E-state index in [1.807, 2.05) is 26.0 Å². The van der Waals surface area contributed by atoms with E-state index in [-0.39, 0.29) is 11.9 Å². The molecule has 0 aliphatic carbocycles. The lowest BCUT2D eigenvalue weighted by atomic mass is 10.2. The smallest absolute Gasteiger partial charge is 0.174 e. The second-order valence-electron chi connectivity index (χ2n) is 3.43. The molecule has 5 heteroatoms. The third kappa shape index (κ3) is 2.88. The second kappa shape index (κ2) is 5.75. The molecule has 1 aromatic carbocycles. The maximum absolute atomic E-state index is 8.71. The zero-order chi connectivity index (χ0) is 12.1. The number of oxime groups is 1. The number of amidine groups is 1. The van der Waals surface area contributed by atoms with Crippen molar-refractivity contribution >= 4 is 21.8 Å². The van der Waals surface area contributed by atoms with Crippen molar-refractivity contribution in [3.63, 3.8) is 0 Å². The third-order valence-electron chi connectivity index (χ3n) is 2.24. The quantitative estimate of drug-likeness (QED) is 0.387. The van der Waals surface area contributed by atoms with Gasteiger partial charge in [-0.1, -0.05) is 18.1 Å². The Morgan fingerprint density at radius 2 is 2.31 bits per heavy atom. The summed E-state index contributed by atoms with van der Waals surface area (Å²) in [5.74, 6) is 0.643. The summed E-state index contributed by atoms with van der Waals surface area (Å²) < 4.78 is 6.44. The normalized spacial score (nSPS) is 13.6. The summed E-state index contributed by atoms with van der Waals surface area (Å²) in [4.78, 5) is 0. The van der Waals surface area contributed by atoms with Gasteiger partial charge in [0, 0.05) is 4.47 Å². The lowest BCUT2D eigenvalue weighted by molar-refractivity contribution is 0.216. The summed E-state index contributed by atoms with van der Waals surface area (Å²) >= 11 is 3.35. The first kappa shape index (κ1) is 12.8. The third-order valence-corrected chi connectivity index (χ3v) is 2.90. The van der Waals surface area contributed by atoms with Crippen LogP contribution >= 0.6 is 15.9 Å². The zero-order valence-electron chi connectivity index (χ0n) is 9.27. The van der Waals surface area contributed by atoms with Crippen molar-refractivity contribution < 1.29 is 9.94 Å². The van der Waals surface area contributed by atoms with Crippen LogP contribution in [0.4, 0.5) is 0 Å². The van der Waals surface area contributed by atoms with Crippen LogP contribution in [0.25, 0.3) is 0 Å². The summed E-state index contributed by atoms with van der Waals surface area (Å²) in [7, 11) is 0. The van der Waals surface area contributed by atoms with Gasteiger partial charge in [-0.3, -0.25) is 0 Å². The molecule has 0 aliphatic rings. The monoisotopic (exact) mass is 286 g/mol. The molecule has 1 unspecified atom stereocenters. The molecule has 1 atom stereocenters. The highest BCUT2D eigenvalue weighted by Crippen LogP contribution is 2.27. The molecule has 4 nitrogen and oxygen atoms in total. The van der Waals surface area contributed by atoms with Crippen LogP contribution in [0, 0.1) is 0 Å². The minimum atomic E-state index is 0.0331. The molecule has 1 rings (SSSR count). The van der Waals surface area contributed by atoms with Gasteiger partial charge in [0.05, 0.1) is 11.7 Å². The van der Waals surface area contributed by atoms with Crippen molar-refractivity contribution in [3.05, 3.63) is 28.2 Å². The van der Waals surface area contributed by atoms with Gasteiger partial charge < -0.3 is 15.7 Å². The number of benzene rings is 1. The van der Waals surface area contributed by atoms with E-state index in [1.165, 1.54) is 0 Å². The molecule has 0 spiro atoms. The van der Waals surface area contributed by atoms with Crippen LogP contribution in [-0.2, 0) is 0 Å². The van der Waals surface area contributed by atoms with Crippen LogP contribution in [-0.4, -0.2) is 17.1 Å². The molecule has 0 amide bonds. The van der Waals surface area contributed by atoms with Gasteiger partial charge in [-0.25, -0.2) is 0 Å². The summed E-state index contributed by atoms with van der Waals surface area (Å²) in [6, 6.07) is 5.46. The first-order chi connectivity index (χ1) is 7.60. The lowest BCUT2D eigenvalue weighted by Crippen LogP contribution is -2.18. The van der Waals surface area contributed by atoms with Crippen LogP contribution in [0.2, 0.25) is 0 Å². The van der Waals surface area contributed by atoms with Gasteiger partial charge in [0.15, 0.2) is 5.84 Å². The molecule has 88 valence electrons. The number of ether oxygens (including phenoxy) is 1. The molecule has 0 aromatic heterocycles. The molecule has 0 aliphatic heterocycles. The highest BCUT2D eigenvalue weighted by molar-refractivity contribution is 9.10. The van der Waals surface area contributed by atoms with Gasteiger partial charge >= 0.3 is 0 Å². The Balaban J connectivity index is 3.13. The van der Waals surface area contributed by atoms with Crippen molar-refractivity contribution in [2.75, 3.05) is 0 Å². The number of hydrogen-bond donors (Lipinski definition) is 2. The topological polar surface area (TPSA) is 67.8 Å². The predicted molar refractivity (Wildman–Crippen MR) is 67.0 cm³/mol. The molecular weight excluding hydrogens is 272 g/mol. The number of nitrogens with two attached hydrogens (primary N) is 1. The van der Waals surface area contributed by atoms with Crippen LogP contribution in [0.3, 0.4) is 0 Å². The Labute approximate surface area is 103 Å². The van der Waals surface area contributed by atoms with Crippen LogP contribution in [0.5, 0.6) is 5.75 Å². The minimum absolute atomic E-state index is 0.0331. The number of hydrogen-bond acceptors (Lipinski definition) is 3. The fourth-order valence-corrected chi connectivity index (χ4v) is 1.75. The fraction of sp³-hybridized carbons (Fsp3) is 0.364. The largest absolute Gasteiger partial charge is 0.490 e. The Hall–Kier alpha value is -1.23. The Morgan fingerprint density at radius 1 is 1.62 bits per heavy atom. The number of rotatable bonds is 4. The summed E-state index contributed by atoms with van der Waals surface area (Å²) in [5.41, 5.74) is 6.18. The molecule has 3 N–H and O–H groups in total. The molecule has 16 heavy (non-hydrogen) atoms. The second-order valence-corrected chi connectivity index (χ2v) is 4.29. The van der Waals surface area contributed by atoms with Crippen molar-refractivity contribution in [2.24, 2.45) is 10.9 Å². The van der Waals surface area contributed by atoms with Crippen LogP contribution in [0.1, 0.15) is 25.8 Å². The van der Waals surface area contributed by atoms with E-state index < -0.39 is 0 Å². The molecule has 0 saturated carbocycles. The SMILES string of the molecule is CCC(C)Oc1cccc(Br)c1/C(N)=N/O. The van der Waals surface area contributed by atoms with Gasteiger partial charge in [0.25, 0.3) is 0 Å². The Kier molecular flexibility index (Phi) is 4.61. The number of halogens is 1. The fourth-order valence-electron chi connectivity index (χ4n) is 1.20. The van der Waals surface area contributed by atoms with Gasteiger partial charge in [-0.2, -0.15) is 0 Å². The van der Waals surface area contributed by atoms with Crippen molar-refractivity contribution in [3.8, 4) is 5.75 Å². The average Bonchev–Trinajstić information content (AvgIpc) is 2.28. The van der Waals surface area contributed by atoms with Gasteiger partial charge in [0.2, 0.25) is 0 Å². The maximum atomic E-state index is 8.71. The van der Waals surface area contributed by atoms with Gasteiger partial charge in [-0.05, 0) is 41.4 Å². The Bertz CT molecular complexity index is 394. The van der Waals surface area contributed by atoms with Crippen molar-refractivity contribution in [1.82, 2.24) is 0 Å².